The molecule has 0 aliphatic heterocycles. The molecule has 0 bridgehead atoms. The molecule has 1 aliphatic carbocycles. The van der Waals surface area contributed by atoms with Gasteiger partial charge in [-0.1, -0.05) is 58.6 Å². The molecule has 0 N–H and O–H groups in total. The maximum absolute atomic E-state index is 6.32. The van der Waals surface area contributed by atoms with Crippen LogP contribution in [0, 0.1) is 5.92 Å². The van der Waals surface area contributed by atoms with Gasteiger partial charge in [0.1, 0.15) is 11.0 Å². The van der Waals surface area contributed by atoms with Crippen molar-refractivity contribution in [2.45, 2.75) is 71.1 Å². The van der Waals surface area contributed by atoms with Crippen LogP contribution in [0.2, 0.25) is 5.15 Å². The van der Waals surface area contributed by atoms with Gasteiger partial charge in [-0.25, -0.2) is 9.97 Å². The van der Waals surface area contributed by atoms with E-state index in [0.717, 1.165) is 21.9 Å². The summed E-state index contributed by atoms with van der Waals surface area (Å²) in [6.07, 6.45) is 6.29. The van der Waals surface area contributed by atoms with Crippen molar-refractivity contribution in [3.05, 3.63) is 21.1 Å². The smallest absolute Gasteiger partial charge is 0.147 e. The Labute approximate surface area is 135 Å². The Morgan fingerprint density at radius 2 is 1.95 bits per heavy atom. The summed E-state index contributed by atoms with van der Waals surface area (Å²) >= 11 is 9.86. The molecule has 0 radical (unpaired) electrons. The highest BCUT2D eigenvalue weighted by atomic mass is 79.9. The van der Waals surface area contributed by atoms with Gasteiger partial charge in [0, 0.05) is 11.3 Å². The lowest BCUT2D eigenvalue weighted by Crippen LogP contribution is -2.20. The van der Waals surface area contributed by atoms with E-state index < -0.39 is 0 Å². The highest BCUT2D eigenvalue weighted by Gasteiger charge is 2.28. The Bertz CT molecular complexity index is 482. The lowest BCUT2D eigenvalue weighted by atomic mass is 9.79. The number of rotatable bonds is 2. The van der Waals surface area contributed by atoms with Crippen LogP contribution in [-0.2, 0) is 5.41 Å². The Hall–Kier alpha value is -0.150. The van der Waals surface area contributed by atoms with Crippen molar-refractivity contribution in [3.63, 3.8) is 0 Å². The molecule has 0 aromatic carbocycles. The van der Waals surface area contributed by atoms with E-state index in [1.54, 1.807) is 0 Å². The van der Waals surface area contributed by atoms with Crippen molar-refractivity contribution in [2.24, 2.45) is 5.92 Å². The molecule has 20 heavy (non-hydrogen) atoms. The number of nitrogens with zero attached hydrogens (tertiary/aromatic N) is 2. The molecule has 0 saturated heterocycles. The van der Waals surface area contributed by atoms with Crippen LogP contribution in [0.1, 0.15) is 77.2 Å². The van der Waals surface area contributed by atoms with Crippen LogP contribution in [0.15, 0.2) is 4.47 Å². The third-order valence-electron chi connectivity index (χ3n) is 4.26. The third-order valence-corrected chi connectivity index (χ3v) is 5.52. The summed E-state index contributed by atoms with van der Waals surface area (Å²) in [6.45, 7) is 8.77. The first-order valence-electron chi connectivity index (χ1n) is 7.56. The number of hydrogen-bond donors (Lipinski definition) is 0. The van der Waals surface area contributed by atoms with Gasteiger partial charge in [0.05, 0.1) is 10.2 Å². The van der Waals surface area contributed by atoms with Crippen LogP contribution >= 0.6 is 27.5 Å². The largest absolute Gasteiger partial charge is 0.236 e. The average Bonchev–Trinajstić information content (AvgIpc) is 2.40. The summed E-state index contributed by atoms with van der Waals surface area (Å²) in [6, 6.07) is 0. The minimum absolute atomic E-state index is 0.0288. The van der Waals surface area contributed by atoms with Gasteiger partial charge in [-0.2, -0.15) is 0 Å². The zero-order valence-electron chi connectivity index (χ0n) is 12.8. The molecule has 0 amide bonds. The van der Waals surface area contributed by atoms with Gasteiger partial charge in [0.25, 0.3) is 0 Å². The number of halogens is 2. The molecule has 1 aliphatic rings. The molecule has 2 atom stereocenters. The highest BCUT2D eigenvalue weighted by Crippen LogP contribution is 2.39. The Balaban J connectivity index is 2.35. The maximum atomic E-state index is 6.32. The standard InChI is InChI=1S/C16H24BrClN2/c1-5-10-7-6-8-11(9-10)15-19-13(16(2,3)4)12(17)14(18)20-15/h10-11H,5-9H2,1-4H3. The second-order valence-electron chi connectivity index (χ2n) is 6.92. The van der Waals surface area contributed by atoms with Crippen molar-refractivity contribution < 1.29 is 0 Å². The van der Waals surface area contributed by atoms with E-state index in [9.17, 15) is 0 Å². The minimum Gasteiger partial charge on any atom is -0.236 e. The van der Waals surface area contributed by atoms with Crippen LogP contribution < -0.4 is 0 Å². The summed E-state index contributed by atoms with van der Waals surface area (Å²) in [7, 11) is 0. The third kappa shape index (κ3) is 3.54. The second-order valence-corrected chi connectivity index (χ2v) is 8.07. The molecule has 1 fully saturated rings. The van der Waals surface area contributed by atoms with Crippen molar-refractivity contribution in [3.8, 4) is 0 Å². The molecular weight excluding hydrogens is 336 g/mol. The van der Waals surface area contributed by atoms with Crippen molar-refractivity contribution >= 4 is 27.5 Å². The summed E-state index contributed by atoms with van der Waals surface area (Å²) in [4.78, 5) is 9.40. The number of hydrogen-bond acceptors (Lipinski definition) is 2. The van der Waals surface area contributed by atoms with E-state index in [-0.39, 0.29) is 5.41 Å². The predicted molar refractivity (Wildman–Crippen MR) is 88.4 cm³/mol. The van der Waals surface area contributed by atoms with E-state index in [1.807, 2.05) is 0 Å². The molecule has 2 unspecified atom stereocenters. The molecule has 0 spiro atoms. The first-order valence-corrected chi connectivity index (χ1v) is 8.73. The summed E-state index contributed by atoms with van der Waals surface area (Å²) in [5, 5.41) is 0.554. The summed E-state index contributed by atoms with van der Waals surface area (Å²) < 4.78 is 0.846. The highest BCUT2D eigenvalue weighted by molar-refractivity contribution is 9.10. The lowest BCUT2D eigenvalue weighted by Gasteiger charge is -2.29. The first-order chi connectivity index (χ1) is 9.32. The fourth-order valence-electron chi connectivity index (χ4n) is 3.01. The van der Waals surface area contributed by atoms with Gasteiger partial charge in [-0.3, -0.25) is 0 Å². The van der Waals surface area contributed by atoms with Gasteiger partial charge in [-0.05, 0) is 34.7 Å². The molecule has 1 aromatic rings. The fourth-order valence-corrected chi connectivity index (χ4v) is 3.96. The Morgan fingerprint density at radius 3 is 2.55 bits per heavy atom. The van der Waals surface area contributed by atoms with Crippen LogP contribution in [0.4, 0.5) is 0 Å². The van der Waals surface area contributed by atoms with E-state index in [1.165, 1.54) is 32.1 Å². The van der Waals surface area contributed by atoms with Crippen LogP contribution in [-0.4, -0.2) is 9.97 Å². The molecule has 112 valence electrons. The molecule has 1 aromatic heterocycles. The molecule has 2 rings (SSSR count). The summed E-state index contributed by atoms with van der Waals surface area (Å²) in [5.74, 6) is 2.24. The molecule has 1 heterocycles. The molecule has 1 saturated carbocycles. The lowest BCUT2D eigenvalue weighted by molar-refractivity contribution is 0.306. The second kappa shape index (κ2) is 6.31. The Morgan fingerprint density at radius 1 is 1.25 bits per heavy atom. The van der Waals surface area contributed by atoms with E-state index in [4.69, 9.17) is 16.6 Å². The van der Waals surface area contributed by atoms with Gasteiger partial charge in [0.2, 0.25) is 0 Å². The van der Waals surface area contributed by atoms with Gasteiger partial charge >= 0.3 is 0 Å². The average molecular weight is 360 g/mol. The zero-order valence-corrected chi connectivity index (χ0v) is 15.2. The van der Waals surface area contributed by atoms with E-state index in [0.29, 0.717) is 11.1 Å². The van der Waals surface area contributed by atoms with E-state index in [2.05, 4.69) is 48.6 Å². The normalized spacial score (nSPS) is 23.9. The summed E-state index contributed by atoms with van der Waals surface area (Å²) in [5.41, 5.74) is 0.991. The minimum atomic E-state index is -0.0288. The van der Waals surface area contributed by atoms with Crippen molar-refractivity contribution in [1.82, 2.24) is 9.97 Å². The molecule has 4 heteroatoms. The zero-order chi connectivity index (χ0) is 14.9. The predicted octanol–water partition coefficient (Wildman–Crippen LogP) is 5.87. The van der Waals surface area contributed by atoms with Crippen LogP contribution in [0.5, 0.6) is 0 Å². The van der Waals surface area contributed by atoms with Crippen LogP contribution in [0.25, 0.3) is 0 Å². The van der Waals surface area contributed by atoms with Gasteiger partial charge in [0.15, 0.2) is 0 Å². The van der Waals surface area contributed by atoms with Crippen molar-refractivity contribution in [1.29, 1.82) is 0 Å². The van der Waals surface area contributed by atoms with Crippen molar-refractivity contribution in [2.75, 3.05) is 0 Å². The molecular formula is C16H24BrClN2. The SMILES string of the molecule is CCC1CCCC(c2nc(Cl)c(Br)c(C(C)(C)C)n2)C1. The first kappa shape index (κ1) is 16.2. The van der Waals surface area contributed by atoms with Gasteiger partial charge in [-0.15, -0.1) is 0 Å². The molecule has 2 nitrogen and oxygen atoms in total. The van der Waals surface area contributed by atoms with Gasteiger partial charge < -0.3 is 0 Å². The monoisotopic (exact) mass is 358 g/mol. The van der Waals surface area contributed by atoms with Crippen LogP contribution in [0.3, 0.4) is 0 Å². The quantitative estimate of drug-likeness (QED) is 0.617. The maximum Gasteiger partial charge on any atom is 0.147 e. The Kier molecular flexibility index (Phi) is 5.12. The number of aromatic nitrogens is 2. The topological polar surface area (TPSA) is 25.8 Å². The fraction of sp³-hybridized carbons (Fsp3) is 0.750. The van der Waals surface area contributed by atoms with E-state index >= 15 is 0 Å².